The molecule has 0 spiro atoms. The van der Waals surface area contributed by atoms with Gasteiger partial charge in [-0.25, -0.2) is 4.79 Å². The van der Waals surface area contributed by atoms with Crippen molar-refractivity contribution < 1.29 is 19.1 Å². The first-order chi connectivity index (χ1) is 12.0. The van der Waals surface area contributed by atoms with E-state index in [0.717, 1.165) is 15.7 Å². The van der Waals surface area contributed by atoms with Gasteiger partial charge in [0.25, 0.3) is 0 Å². The SMILES string of the molecule is CN1c2ccc(Br)cc2[C@H]2[C@@H]1[C@@]1(C(=O)OC(C)(C)C)O[C@]2(C)CCC1=O. The number of carbonyl (C=O) groups excluding carboxylic acids is 2. The van der Waals surface area contributed by atoms with Gasteiger partial charge in [-0.3, -0.25) is 4.79 Å². The molecule has 5 nitrogen and oxygen atoms in total. The van der Waals surface area contributed by atoms with E-state index in [9.17, 15) is 9.59 Å². The number of hydrogen-bond acceptors (Lipinski definition) is 5. The Labute approximate surface area is 162 Å². The summed E-state index contributed by atoms with van der Waals surface area (Å²) < 4.78 is 13.0. The van der Waals surface area contributed by atoms with Gasteiger partial charge in [-0.1, -0.05) is 15.9 Å². The number of hydrogen-bond donors (Lipinski definition) is 0. The van der Waals surface area contributed by atoms with E-state index >= 15 is 0 Å². The fourth-order valence-electron chi connectivity index (χ4n) is 4.91. The molecule has 0 N–H and O–H groups in total. The minimum atomic E-state index is -1.56. The molecule has 0 radical (unpaired) electrons. The Morgan fingerprint density at radius 2 is 2.08 bits per heavy atom. The lowest BCUT2D eigenvalue weighted by atomic mass is 9.79. The highest BCUT2D eigenvalue weighted by Crippen LogP contribution is 2.61. The molecule has 26 heavy (non-hydrogen) atoms. The van der Waals surface area contributed by atoms with Crippen LogP contribution in [0, 0.1) is 0 Å². The van der Waals surface area contributed by atoms with E-state index in [1.165, 1.54) is 0 Å². The third kappa shape index (κ3) is 2.24. The molecular formula is C20H24BrNO4. The van der Waals surface area contributed by atoms with E-state index in [2.05, 4.69) is 22.0 Å². The average molecular weight is 422 g/mol. The standard InChI is InChI=1S/C20H24BrNO4/c1-18(2,3)25-17(24)20-14(23)8-9-19(4,26-20)15-12-10-11(21)6-7-13(12)22(5)16(15)20/h6-7,10,15-16H,8-9H2,1-5H3/t15-,16+,19+,20-/m0/s1. The molecule has 4 atom stereocenters. The molecule has 0 aromatic heterocycles. The van der Waals surface area contributed by atoms with Crippen molar-refractivity contribution in [2.45, 2.75) is 69.3 Å². The first-order valence-corrected chi connectivity index (χ1v) is 9.78. The van der Waals surface area contributed by atoms with Crippen molar-refractivity contribution in [1.29, 1.82) is 0 Å². The lowest BCUT2D eigenvalue weighted by molar-refractivity contribution is -0.199. The molecule has 2 saturated heterocycles. The van der Waals surface area contributed by atoms with Gasteiger partial charge in [0.2, 0.25) is 5.60 Å². The van der Waals surface area contributed by atoms with Crippen LogP contribution in [-0.4, -0.2) is 41.6 Å². The van der Waals surface area contributed by atoms with Crippen LogP contribution < -0.4 is 4.90 Å². The maximum Gasteiger partial charge on any atom is 0.349 e. The number of esters is 1. The molecule has 0 saturated carbocycles. The van der Waals surface area contributed by atoms with Crippen LogP contribution in [0.3, 0.4) is 0 Å². The zero-order valence-corrected chi connectivity index (χ0v) is 17.3. The predicted octanol–water partition coefficient (Wildman–Crippen LogP) is 3.58. The summed E-state index contributed by atoms with van der Waals surface area (Å²) in [7, 11) is 1.93. The number of carbonyl (C=O) groups is 2. The summed E-state index contributed by atoms with van der Waals surface area (Å²) >= 11 is 3.55. The second-order valence-corrected chi connectivity index (χ2v) is 9.73. The smallest absolute Gasteiger partial charge is 0.349 e. The second kappa shape index (κ2) is 5.32. The molecule has 0 aliphatic carbocycles. The van der Waals surface area contributed by atoms with Gasteiger partial charge >= 0.3 is 5.97 Å². The minimum Gasteiger partial charge on any atom is -0.457 e. The van der Waals surface area contributed by atoms with E-state index in [1.54, 1.807) is 0 Å². The normalized spacial score (nSPS) is 35.3. The second-order valence-electron chi connectivity index (χ2n) is 8.81. The number of halogens is 1. The Morgan fingerprint density at radius 3 is 2.73 bits per heavy atom. The number of benzene rings is 1. The van der Waals surface area contributed by atoms with E-state index in [1.807, 2.05) is 51.8 Å². The van der Waals surface area contributed by atoms with Gasteiger partial charge in [0.15, 0.2) is 5.78 Å². The Bertz CT molecular complexity index is 817. The first-order valence-electron chi connectivity index (χ1n) is 8.99. The van der Waals surface area contributed by atoms with Crippen molar-refractivity contribution in [2.24, 2.45) is 0 Å². The molecule has 4 rings (SSSR count). The maximum atomic E-state index is 13.2. The van der Waals surface area contributed by atoms with Crippen LogP contribution in [0.25, 0.3) is 0 Å². The summed E-state index contributed by atoms with van der Waals surface area (Å²) in [6.45, 7) is 7.45. The highest BCUT2D eigenvalue weighted by molar-refractivity contribution is 9.10. The van der Waals surface area contributed by atoms with Crippen molar-refractivity contribution in [3.63, 3.8) is 0 Å². The van der Waals surface area contributed by atoms with Crippen molar-refractivity contribution in [2.75, 3.05) is 11.9 Å². The lowest BCUT2D eigenvalue weighted by Gasteiger charge is -2.40. The zero-order valence-electron chi connectivity index (χ0n) is 15.8. The Balaban J connectivity index is 1.89. The number of Topliss-reactive ketones (excluding diaryl/α,β-unsaturated/α-hetero) is 1. The highest BCUT2D eigenvalue weighted by atomic mass is 79.9. The van der Waals surface area contributed by atoms with Gasteiger partial charge < -0.3 is 14.4 Å². The quantitative estimate of drug-likeness (QED) is 0.512. The van der Waals surface area contributed by atoms with Crippen molar-refractivity contribution >= 4 is 33.4 Å². The third-order valence-electron chi connectivity index (χ3n) is 5.87. The fraction of sp³-hybridized carbons (Fsp3) is 0.600. The number of ether oxygens (including phenoxy) is 2. The Hall–Kier alpha value is -1.40. The molecule has 2 fully saturated rings. The number of anilines is 1. The van der Waals surface area contributed by atoms with Gasteiger partial charge in [0.1, 0.15) is 5.60 Å². The number of fused-ring (bicyclic) bond motifs is 7. The van der Waals surface area contributed by atoms with E-state index in [4.69, 9.17) is 9.47 Å². The van der Waals surface area contributed by atoms with Crippen molar-refractivity contribution in [3.8, 4) is 0 Å². The van der Waals surface area contributed by atoms with Gasteiger partial charge in [0.05, 0.1) is 11.6 Å². The van der Waals surface area contributed by atoms with Crippen LogP contribution in [0.5, 0.6) is 0 Å². The number of likely N-dealkylation sites (N-methyl/N-ethyl adjacent to an activating group) is 1. The predicted molar refractivity (Wildman–Crippen MR) is 101 cm³/mol. The van der Waals surface area contributed by atoms with Crippen LogP contribution in [0.4, 0.5) is 5.69 Å². The van der Waals surface area contributed by atoms with Crippen LogP contribution in [-0.2, 0) is 19.1 Å². The molecule has 0 amide bonds. The van der Waals surface area contributed by atoms with Crippen molar-refractivity contribution in [3.05, 3.63) is 28.2 Å². The van der Waals surface area contributed by atoms with Crippen LogP contribution >= 0.6 is 15.9 Å². The van der Waals surface area contributed by atoms with E-state index in [0.29, 0.717) is 12.8 Å². The Morgan fingerprint density at radius 1 is 1.38 bits per heavy atom. The van der Waals surface area contributed by atoms with Gasteiger partial charge in [0, 0.05) is 29.5 Å². The molecule has 6 heteroatoms. The highest BCUT2D eigenvalue weighted by Gasteiger charge is 2.74. The average Bonchev–Trinajstić information content (AvgIpc) is 2.94. The zero-order chi connectivity index (χ0) is 19.1. The fourth-order valence-corrected chi connectivity index (χ4v) is 5.29. The molecule has 140 valence electrons. The summed E-state index contributed by atoms with van der Waals surface area (Å²) in [5.41, 5.74) is -0.662. The minimum absolute atomic E-state index is 0.0565. The van der Waals surface area contributed by atoms with Crippen LogP contribution in [0.2, 0.25) is 0 Å². The van der Waals surface area contributed by atoms with E-state index < -0.39 is 22.8 Å². The number of ketones is 1. The molecule has 2 bridgehead atoms. The maximum absolute atomic E-state index is 13.2. The molecule has 1 aromatic carbocycles. The number of nitrogens with zero attached hydrogens (tertiary/aromatic N) is 1. The summed E-state index contributed by atoms with van der Waals surface area (Å²) in [5.74, 6) is -0.790. The van der Waals surface area contributed by atoms with E-state index in [-0.39, 0.29) is 17.7 Å². The van der Waals surface area contributed by atoms with Gasteiger partial charge in [-0.2, -0.15) is 0 Å². The largest absolute Gasteiger partial charge is 0.457 e. The lowest BCUT2D eigenvalue weighted by Crippen LogP contribution is -2.62. The van der Waals surface area contributed by atoms with Crippen molar-refractivity contribution in [1.82, 2.24) is 0 Å². The number of rotatable bonds is 1. The molecule has 3 aliphatic heterocycles. The summed E-state index contributed by atoms with van der Waals surface area (Å²) in [6.07, 6.45) is 0.942. The van der Waals surface area contributed by atoms with Gasteiger partial charge in [-0.15, -0.1) is 0 Å². The first kappa shape index (κ1) is 18.0. The molecule has 1 aromatic rings. The monoisotopic (exact) mass is 421 g/mol. The molecule has 0 unspecified atom stereocenters. The molecule has 3 aliphatic rings. The van der Waals surface area contributed by atoms with Crippen LogP contribution in [0.1, 0.15) is 52.0 Å². The van der Waals surface area contributed by atoms with Crippen LogP contribution in [0.15, 0.2) is 22.7 Å². The topological polar surface area (TPSA) is 55.8 Å². The Kier molecular flexibility index (Phi) is 3.68. The summed E-state index contributed by atoms with van der Waals surface area (Å²) in [6, 6.07) is 5.71. The third-order valence-corrected chi connectivity index (χ3v) is 6.36. The van der Waals surface area contributed by atoms with Gasteiger partial charge in [-0.05, 0) is 57.9 Å². The molecular weight excluding hydrogens is 398 g/mol. The summed E-state index contributed by atoms with van der Waals surface area (Å²) in [4.78, 5) is 28.4. The molecule has 3 heterocycles. The summed E-state index contributed by atoms with van der Waals surface area (Å²) in [5, 5.41) is 0.